The Kier molecular flexibility index (Phi) is 2.78. The third-order valence-corrected chi connectivity index (χ3v) is 2.28. The van der Waals surface area contributed by atoms with E-state index in [1.807, 2.05) is 18.2 Å². The Balaban J connectivity index is 1.82. The average molecular weight is 174 g/mol. The highest BCUT2D eigenvalue weighted by molar-refractivity contribution is 5.13. The molecule has 1 atom stereocenters. The van der Waals surface area contributed by atoms with E-state index in [1.165, 1.54) is 12.0 Å². The SMILES string of the molecule is C1=C[C@H](OCc2ccccc2)CC1. The summed E-state index contributed by atoms with van der Waals surface area (Å²) in [6.45, 7) is 0.732. The molecule has 0 spiro atoms. The Morgan fingerprint density at radius 3 is 2.77 bits per heavy atom. The van der Waals surface area contributed by atoms with Gasteiger partial charge in [-0.3, -0.25) is 0 Å². The predicted octanol–water partition coefficient (Wildman–Crippen LogP) is 2.92. The molecular weight excluding hydrogens is 160 g/mol. The third-order valence-electron chi connectivity index (χ3n) is 2.28. The first-order chi connectivity index (χ1) is 6.45. The highest BCUT2D eigenvalue weighted by atomic mass is 16.5. The molecule has 0 saturated carbocycles. The second-order valence-corrected chi connectivity index (χ2v) is 3.34. The lowest BCUT2D eigenvalue weighted by atomic mass is 10.2. The van der Waals surface area contributed by atoms with Crippen LogP contribution in [0.3, 0.4) is 0 Å². The molecule has 1 nitrogen and oxygen atoms in total. The van der Waals surface area contributed by atoms with Crippen LogP contribution in [0.4, 0.5) is 0 Å². The standard InChI is InChI=1S/C12H14O/c1-2-6-11(7-3-1)10-13-12-8-4-5-9-12/h1-4,6-8,12H,5,9-10H2/t12-/m0/s1. The molecule has 0 unspecified atom stereocenters. The van der Waals surface area contributed by atoms with E-state index in [1.54, 1.807) is 0 Å². The number of hydrogen-bond acceptors (Lipinski definition) is 1. The van der Waals surface area contributed by atoms with Gasteiger partial charge in [-0.05, 0) is 18.4 Å². The van der Waals surface area contributed by atoms with E-state index in [-0.39, 0.29) is 0 Å². The number of rotatable bonds is 3. The van der Waals surface area contributed by atoms with Crippen molar-refractivity contribution in [3.8, 4) is 0 Å². The first-order valence-electron chi connectivity index (χ1n) is 4.77. The number of hydrogen-bond donors (Lipinski definition) is 0. The van der Waals surface area contributed by atoms with Crippen LogP contribution >= 0.6 is 0 Å². The summed E-state index contributed by atoms with van der Waals surface area (Å²) in [5.74, 6) is 0. The van der Waals surface area contributed by atoms with E-state index in [0.29, 0.717) is 6.10 Å². The minimum absolute atomic E-state index is 0.347. The molecule has 1 aromatic rings. The van der Waals surface area contributed by atoms with Crippen molar-refractivity contribution in [2.24, 2.45) is 0 Å². The van der Waals surface area contributed by atoms with Gasteiger partial charge in [0.1, 0.15) is 0 Å². The van der Waals surface area contributed by atoms with Crippen LogP contribution in [0.25, 0.3) is 0 Å². The summed E-state index contributed by atoms with van der Waals surface area (Å²) in [6.07, 6.45) is 7.01. The Labute approximate surface area is 79.0 Å². The first kappa shape index (κ1) is 8.52. The zero-order valence-electron chi connectivity index (χ0n) is 7.65. The zero-order valence-corrected chi connectivity index (χ0v) is 7.65. The molecule has 1 aromatic carbocycles. The van der Waals surface area contributed by atoms with E-state index in [2.05, 4.69) is 24.3 Å². The molecule has 0 fully saturated rings. The average Bonchev–Trinajstić information content (AvgIpc) is 2.69. The van der Waals surface area contributed by atoms with Crippen molar-refractivity contribution < 1.29 is 4.74 Å². The minimum Gasteiger partial charge on any atom is -0.369 e. The number of allylic oxidation sites excluding steroid dienone is 1. The Hall–Kier alpha value is -1.08. The van der Waals surface area contributed by atoms with Gasteiger partial charge < -0.3 is 4.74 Å². The molecule has 1 aliphatic rings. The van der Waals surface area contributed by atoms with Crippen molar-refractivity contribution in [2.45, 2.75) is 25.6 Å². The van der Waals surface area contributed by atoms with Gasteiger partial charge in [-0.2, -0.15) is 0 Å². The molecular formula is C12H14O. The van der Waals surface area contributed by atoms with Crippen LogP contribution in [0.2, 0.25) is 0 Å². The van der Waals surface area contributed by atoms with Crippen molar-refractivity contribution >= 4 is 0 Å². The quantitative estimate of drug-likeness (QED) is 0.640. The summed E-state index contributed by atoms with van der Waals surface area (Å²) in [5.41, 5.74) is 1.25. The summed E-state index contributed by atoms with van der Waals surface area (Å²) < 4.78 is 5.70. The Morgan fingerprint density at radius 1 is 1.23 bits per heavy atom. The van der Waals surface area contributed by atoms with E-state index in [4.69, 9.17) is 4.74 Å². The molecule has 0 heterocycles. The first-order valence-corrected chi connectivity index (χ1v) is 4.77. The maximum Gasteiger partial charge on any atom is 0.0763 e. The van der Waals surface area contributed by atoms with Gasteiger partial charge in [0.15, 0.2) is 0 Å². The molecule has 0 N–H and O–H groups in total. The van der Waals surface area contributed by atoms with Gasteiger partial charge in [0.25, 0.3) is 0 Å². The van der Waals surface area contributed by atoms with Gasteiger partial charge in [-0.15, -0.1) is 0 Å². The monoisotopic (exact) mass is 174 g/mol. The molecule has 0 radical (unpaired) electrons. The molecule has 2 rings (SSSR count). The maximum atomic E-state index is 5.70. The lowest BCUT2D eigenvalue weighted by Crippen LogP contribution is -2.05. The van der Waals surface area contributed by atoms with Crippen molar-refractivity contribution in [1.82, 2.24) is 0 Å². The largest absolute Gasteiger partial charge is 0.369 e. The predicted molar refractivity (Wildman–Crippen MR) is 53.4 cm³/mol. The number of benzene rings is 1. The van der Waals surface area contributed by atoms with Crippen molar-refractivity contribution in [3.05, 3.63) is 48.0 Å². The van der Waals surface area contributed by atoms with Crippen LogP contribution in [-0.2, 0) is 11.3 Å². The van der Waals surface area contributed by atoms with Gasteiger partial charge in [0, 0.05) is 0 Å². The topological polar surface area (TPSA) is 9.23 Å². The molecule has 13 heavy (non-hydrogen) atoms. The molecule has 1 aliphatic carbocycles. The maximum absolute atomic E-state index is 5.70. The summed E-state index contributed by atoms with van der Waals surface area (Å²) in [6, 6.07) is 10.3. The highest BCUT2D eigenvalue weighted by Gasteiger charge is 2.08. The minimum atomic E-state index is 0.347. The summed E-state index contributed by atoms with van der Waals surface area (Å²) in [7, 11) is 0. The Morgan fingerprint density at radius 2 is 2.08 bits per heavy atom. The van der Waals surface area contributed by atoms with Crippen LogP contribution in [0.1, 0.15) is 18.4 Å². The van der Waals surface area contributed by atoms with Crippen molar-refractivity contribution in [1.29, 1.82) is 0 Å². The van der Waals surface area contributed by atoms with Crippen molar-refractivity contribution in [3.63, 3.8) is 0 Å². The van der Waals surface area contributed by atoms with E-state index in [9.17, 15) is 0 Å². The van der Waals surface area contributed by atoms with Gasteiger partial charge in [0.05, 0.1) is 12.7 Å². The molecule has 1 heteroatoms. The smallest absolute Gasteiger partial charge is 0.0763 e. The van der Waals surface area contributed by atoms with Gasteiger partial charge in [-0.25, -0.2) is 0 Å². The molecule has 0 aromatic heterocycles. The lowest BCUT2D eigenvalue weighted by Gasteiger charge is -2.09. The fourth-order valence-corrected chi connectivity index (χ4v) is 1.52. The molecule has 68 valence electrons. The molecule has 0 amide bonds. The van der Waals surface area contributed by atoms with Gasteiger partial charge in [-0.1, -0.05) is 42.5 Å². The Bertz CT molecular complexity index is 276. The highest BCUT2D eigenvalue weighted by Crippen LogP contribution is 2.14. The molecule has 0 aliphatic heterocycles. The normalized spacial score (nSPS) is 20.8. The fourth-order valence-electron chi connectivity index (χ4n) is 1.52. The summed E-state index contributed by atoms with van der Waals surface area (Å²) >= 11 is 0. The molecule has 0 bridgehead atoms. The zero-order chi connectivity index (χ0) is 8.93. The van der Waals surface area contributed by atoms with Gasteiger partial charge >= 0.3 is 0 Å². The van der Waals surface area contributed by atoms with E-state index >= 15 is 0 Å². The van der Waals surface area contributed by atoms with Crippen LogP contribution in [0, 0.1) is 0 Å². The second-order valence-electron chi connectivity index (χ2n) is 3.34. The summed E-state index contributed by atoms with van der Waals surface area (Å²) in [4.78, 5) is 0. The van der Waals surface area contributed by atoms with Crippen molar-refractivity contribution in [2.75, 3.05) is 0 Å². The van der Waals surface area contributed by atoms with Crippen LogP contribution in [0.15, 0.2) is 42.5 Å². The summed E-state index contributed by atoms with van der Waals surface area (Å²) in [5, 5.41) is 0. The van der Waals surface area contributed by atoms with Crippen LogP contribution < -0.4 is 0 Å². The van der Waals surface area contributed by atoms with Gasteiger partial charge in [0.2, 0.25) is 0 Å². The lowest BCUT2D eigenvalue weighted by molar-refractivity contribution is 0.0721. The number of ether oxygens (including phenoxy) is 1. The molecule has 0 saturated heterocycles. The van der Waals surface area contributed by atoms with Crippen LogP contribution in [-0.4, -0.2) is 6.10 Å². The second kappa shape index (κ2) is 4.24. The van der Waals surface area contributed by atoms with E-state index in [0.717, 1.165) is 13.0 Å². The van der Waals surface area contributed by atoms with E-state index < -0.39 is 0 Å². The van der Waals surface area contributed by atoms with Crippen LogP contribution in [0.5, 0.6) is 0 Å². The fraction of sp³-hybridized carbons (Fsp3) is 0.333. The third kappa shape index (κ3) is 2.43.